The van der Waals surface area contributed by atoms with E-state index in [1.54, 1.807) is 12.1 Å². The van der Waals surface area contributed by atoms with Crippen LogP contribution in [0.25, 0.3) is 0 Å². The average Bonchev–Trinajstić information content (AvgIpc) is 2.30. The van der Waals surface area contributed by atoms with Crippen LogP contribution in [0, 0.1) is 5.92 Å². The van der Waals surface area contributed by atoms with E-state index < -0.39 is 15.6 Å². The lowest BCUT2D eigenvalue weighted by atomic mass is 9.92. The highest BCUT2D eigenvalue weighted by atomic mass is 79.9. The van der Waals surface area contributed by atoms with Gasteiger partial charge in [0.05, 0.1) is 14.4 Å². The Bertz CT molecular complexity index is 578. The molecule has 0 saturated heterocycles. The first-order valence-corrected chi connectivity index (χ1v) is 8.95. The number of nitrogens with two attached hydrogens (primary N) is 1. The van der Waals surface area contributed by atoms with Gasteiger partial charge in [-0.25, -0.2) is 13.1 Å². The van der Waals surface area contributed by atoms with Crippen LogP contribution in [0.1, 0.15) is 27.2 Å². The summed E-state index contributed by atoms with van der Waals surface area (Å²) in [6, 6.07) is 4.73. The third kappa shape index (κ3) is 4.43. The lowest BCUT2D eigenvalue weighted by Gasteiger charge is -2.31. The molecule has 0 heterocycles. The summed E-state index contributed by atoms with van der Waals surface area (Å²) < 4.78 is 28.1. The molecule has 0 aromatic heterocycles. The highest BCUT2D eigenvalue weighted by Gasteiger charge is 2.31. The number of nitrogens with one attached hydrogen (secondary N) is 1. The summed E-state index contributed by atoms with van der Waals surface area (Å²) in [5, 5.41) is 0.353. The van der Waals surface area contributed by atoms with Crippen molar-refractivity contribution in [2.45, 2.75) is 37.6 Å². The van der Waals surface area contributed by atoms with Crippen LogP contribution in [-0.4, -0.2) is 20.5 Å². The number of hydrogen-bond acceptors (Lipinski definition) is 3. The Hall–Kier alpha value is -0.140. The highest BCUT2D eigenvalue weighted by molar-refractivity contribution is 9.10. The second kappa shape index (κ2) is 6.75. The Morgan fingerprint density at radius 2 is 2.05 bits per heavy atom. The van der Waals surface area contributed by atoms with E-state index >= 15 is 0 Å². The van der Waals surface area contributed by atoms with Crippen LogP contribution < -0.4 is 10.5 Å². The van der Waals surface area contributed by atoms with Gasteiger partial charge in [-0.3, -0.25) is 0 Å². The van der Waals surface area contributed by atoms with Crippen molar-refractivity contribution in [2.75, 3.05) is 6.54 Å². The molecular formula is C13H20BrClN2O2S. The minimum atomic E-state index is -3.69. The van der Waals surface area contributed by atoms with Gasteiger partial charge in [0, 0.05) is 12.1 Å². The second-order valence-electron chi connectivity index (χ2n) is 5.52. The molecule has 0 aliphatic heterocycles. The van der Waals surface area contributed by atoms with Gasteiger partial charge in [0.2, 0.25) is 10.0 Å². The lowest BCUT2D eigenvalue weighted by molar-refractivity contribution is 0.344. The van der Waals surface area contributed by atoms with Crippen molar-refractivity contribution in [1.82, 2.24) is 4.72 Å². The predicted octanol–water partition coefficient (Wildman–Crippen LogP) is 3.14. The van der Waals surface area contributed by atoms with E-state index in [2.05, 4.69) is 20.7 Å². The lowest BCUT2D eigenvalue weighted by Crippen LogP contribution is -2.52. The molecule has 0 fully saturated rings. The topological polar surface area (TPSA) is 72.2 Å². The van der Waals surface area contributed by atoms with Gasteiger partial charge >= 0.3 is 0 Å². The SMILES string of the molecule is CC(C)CC(C)(CN)NS(=O)(=O)c1cccc(Cl)c1Br. The smallest absolute Gasteiger partial charge is 0.242 e. The summed E-state index contributed by atoms with van der Waals surface area (Å²) in [5.41, 5.74) is 5.06. The third-order valence-corrected chi connectivity index (χ3v) is 6.24. The number of rotatable bonds is 6. The van der Waals surface area contributed by atoms with E-state index in [1.807, 2.05) is 20.8 Å². The van der Waals surface area contributed by atoms with Gasteiger partial charge in [-0.15, -0.1) is 0 Å². The number of benzene rings is 1. The molecule has 1 aromatic carbocycles. The number of halogens is 2. The minimum Gasteiger partial charge on any atom is -0.329 e. The molecule has 1 unspecified atom stereocenters. The van der Waals surface area contributed by atoms with Crippen LogP contribution in [0.3, 0.4) is 0 Å². The molecule has 0 bridgehead atoms. The fraction of sp³-hybridized carbons (Fsp3) is 0.538. The zero-order valence-corrected chi connectivity index (χ0v) is 14.9. The van der Waals surface area contributed by atoms with E-state index in [-0.39, 0.29) is 11.4 Å². The van der Waals surface area contributed by atoms with Crippen molar-refractivity contribution in [3.63, 3.8) is 0 Å². The largest absolute Gasteiger partial charge is 0.329 e. The Morgan fingerprint density at radius 3 is 2.55 bits per heavy atom. The fourth-order valence-electron chi connectivity index (χ4n) is 2.14. The standard InChI is InChI=1S/C13H20BrClN2O2S/c1-9(2)7-13(3,8-16)17-20(18,19)11-6-4-5-10(15)12(11)14/h4-6,9,17H,7-8,16H2,1-3H3. The summed E-state index contributed by atoms with van der Waals surface area (Å²) >= 11 is 9.16. The molecule has 0 spiro atoms. The van der Waals surface area contributed by atoms with E-state index in [4.69, 9.17) is 17.3 Å². The number of hydrogen-bond donors (Lipinski definition) is 2. The van der Waals surface area contributed by atoms with Crippen LogP contribution in [-0.2, 0) is 10.0 Å². The molecule has 3 N–H and O–H groups in total. The molecule has 4 nitrogen and oxygen atoms in total. The summed E-state index contributed by atoms with van der Waals surface area (Å²) in [5.74, 6) is 0.328. The quantitative estimate of drug-likeness (QED) is 0.792. The van der Waals surface area contributed by atoms with Gasteiger partial charge in [0.1, 0.15) is 0 Å². The first-order valence-electron chi connectivity index (χ1n) is 6.29. The van der Waals surface area contributed by atoms with Crippen LogP contribution in [0.4, 0.5) is 0 Å². The zero-order valence-electron chi connectivity index (χ0n) is 11.8. The Kier molecular flexibility index (Phi) is 6.04. The first kappa shape index (κ1) is 17.9. The molecule has 7 heteroatoms. The van der Waals surface area contributed by atoms with E-state index in [1.165, 1.54) is 6.07 Å². The summed E-state index contributed by atoms with van der Waals surface area (Å²) in [7, 11) is -3.69. The molecule has 1 rings (SSSR count). The first-order chi connectivity index (χ1) is 9.11. The maximum Gasteiger partial charge on any atom is 0.242 e. The maximum atomic E-state index is 12.5. The zero-order chi connectivity index (χ0) is 15.6. The second-order valence-corrected chi connectivity index (χ2v) is 8.37. The van der Waals surface area contributed by atoms with Crippen LogP contribution >= 0.6 is 27.5 Å². The molecule has 20 heavy (non-hydrogen) atoms. The molecular weight excluding hydrogens is 364 g/mol. The van der Waals surface area contributed by atoms with Crippen molar-refractivity contribution >= 4 is 37.6 Å². The fourth-order valence-corrected chi connectivity index (χ4v) is 4.80. The molecule has 0 saturated carbocycles. The maximum absolute atomic E-state index is 12.5. The van der Waals surface area contributed by atoms with Crippen LogP contribution in [0.5, 0.6) is 0 Å². The molecule has 1 aromatic rings. The molecule has 114 valence electrons. The van der Waals surface area contributed by atoms with Crippen molar-refractivity contribution < 1.29 is 8.42 Å². The summed E-state index contributed by atoms with van der Waals surface area (Å²) in [6.07, 6.45) is 0.654. The van der Waals surface area contributed by atoms with Crippen molar-refractivity contribution in [3.05, 3.63) is 27.7 Å². The minimum absolute atomic E-state index is 0.119. The molecule has 0 aliphatic rings. The Morgan fingerprint density at radius 1 is 1.45 bits per heavy atom. The van der Waals surface area contributed by atoms with Gasteiger partial charge in [-0.1, -0.05) is 31.5 Å². The van der Waals surface area contributed by atoms with Crippen molar-refractivity contribution in [1.29, 1.82) is 0 Å². The van der Waals surface area contributed by atoms with E-state index in [0.717, 1.165) is 0 Å². The van der Waals surface area contributed by atoms with Crippen molar-refractivity contribution in [2.24, 2.45) is 11.7 Å². The average molecular weight is 384 g/mol. The predicted molar refractivity (Wildman–Crippen MR) is 86.4 cm³/mol. The van der Waals surface area contributed by atoms with Crippen molar-refractivity contribution in [3.8, 4) is 0 Å². The summed E-state index contributed by atoms with van der Waals surface area (Å²) in [6.45, 7) is 6.08. The monoisotopic (exact) mass is 382 g/mol. The van der Waals surface area contributed by atoms with Gasteiger partial charge in [0.25, 0.3) is 0 Å². The third-order valence-electron chi connectivity index (χ3n) is 2.90. The van der Waals surface area contributed by atoms with Crippen LogP contribution in [0.15, 0.2) is 27.6 Å². The molecule has 1 atom stereocenters. The van der Waals surface area contributed by atoms with E-state index in [0.29, 0.717) is 21.8 Å². The highest BCUT2D eigenvalue weighted by Crippen LogP contribution is 2.30. The van der Waals surface area contributed by atoms with E-state index in [9.17, 15) is 8.42 Å². The van der Waals surface area contributed by atoms with Gasteiger partial charge in [-0.2, -0.15) is 0 Å². The normalized spacial score (nSPS) is 15.3. The number of sulfonamides is 1. The molecule has 0 aliphatic carbocycles. The molecule has 0 radical (unpaired) electrons. The Balaban J connectivity index is 3.14. The van der Waals surface area contributed by atoms with Crippen LogP contribution in [0.2, 0.25) is 5.02 Å². The Labute approximate surface area is 134 Å². The van der Waals surface area contributed by atoms with Gasteiger partial charge in [-0.05, 0) is 47.3 Å². The van der Waals surface area contributed by atoms with Gasteiger partial charge in [0.15, 0.2) is 0 Å². The van der Waals surface area contributed by atoms with Gasteiger partial charge < -0.3 is 5.73 Å². The molecule has 0 amide bonds. The summed E-state index contributed by atoms with van der Waals surface area (Å²) in [4.78, 5) is 0.119.